The zero-order valence-corrected chi connectivity index (χ0v) is 22.1. The van der Waals surface area contributed by atoms with Crippen LogP contribution in [0, 0.1) is 0 Å². The van der Waals surface area contributed by atoms with Gasteiger partial charge in [0.25, 0.3) is 0 Å². The lowest BCUT2D eigenvalue weighted by Crippen LogP contribution is -2.30. The molecular weight excluding hydrogens is 558 g/mol. The second kappa shape index (κ2) is 14.6. The number of rotatable bonds is 16. The Morgan fingerprint density at radius 1 is 0.778 bits per heavy atom. The van der Waals surface area contributed by atoms with E-state index in [4.69, 9.17) is 4.74 Å². The first-order valence-corrected chi connectivity index (χ1v) is 13.1. The number of unbranched alkanes of at least 4 members (excludes halogenated alkanes) is 5. The molecule has 0 fully saturated rings. The Balaban J connectivity index is 2.35. The SMILES string of the molecule is CCCCCCCC[C@](C)(I)CCC(I)(CCC)COCc1ccccc1. The van der Waals surface area contributed by atoms with Crippen molar-refractivity contribution in [2.45, 2.75) is 105 Å². The molecular formula is C24H40I2O. The van der Waals surface area contributed by atoms with Gasteiger partial charge in [-0.15, -0.1) is 0 Å². The molecule has 156 valence electrons. The van der Waals surface area contributed by atoms with Crippen molar-refractivity contribution in [1.82, 2.24) is 0 Å². The van der Waals surface area contributed by atoms with Crippen molar-refractivity contribution in [3.05, 3.63) is 35.9 Å². The topological polar surface area (TPSA) is 9.23 Å². The summed E-state index contributed by atoms with van der Waals surface area (Å²) < 4.78 is 6.82. The Morgan fingerprint density at radius 2 is 1.44 bits per heavy atom. The Bertz CT molecular complexity index is 475. The molecule has 1 aromatic rings. The first kappa shape index (κ1) is 25.7. The molecule has 1 aromatic carbocycles. The predicted molar refractivity (Wildman–Crippen MR) is 137 cm³/mol. The van der Waals surface area contributed by atoms with Crippen LogP contribution in [0.1, 0.15) is 97.0 Å². The van der Waals surface area contributed by atoms with Gasteiger partial charge in [0.15, 0.2) is 0 Å². The summed E-state index contributed by atoms with van der Waals surface area (Å²) in [6.45, 7) is 8.63. The molecule has 0 saturated heterocycles. The highest BCUT2D eigenvalue weighted by Crippen LogP contribution is 2.38. The molecule has 0 radical (unpaired) electrons. The average molecular weight is 598 g/mol. The van der Waals surface area contributed by atoms with Crippen molar-refractivity contribution in [3.63, 3.8) is 0 Å². The highest BCUT2D eigenvalue weighted by Gasteiger charge is 2.30. The van der Waals surface area contributed by atoms with Gasteiger partial charge in [-0.3, -0.25) is 0 Å². The summed E-state index contributed by atoms with van der Waals surface area (Å²) in [4.78, 5) is 0. The van der Waals surface area contributed by atoms with Crippen LogP contribution in [0.2, 0.25) is 0 Å². The monoisotopic (exact) mass is 598 g/mol. The molecule has 0 bridgehead atoms. The maximum atomic E-state index is 6.13. The number of benzene rings is 1. The Hall–Kier alpha value is 0.640. The van der Waals surface area contributed by atoms with E-state index in [1.165, 1.54) is 76.2 Å². The number of hydrogen-bond acceptors (Lipinski definition) is 1. The summed E-state index contributed by atoms with van der Waals surface area (Å²) in [7, 11) is 0. The maximum Gasteiger partial charge on any atom is 0.0717 e. The fourth-order valence-electron chi connectivity index (χ4n) is 3.53. The summed E-state index contributed by atoms with van der Waals surface area (Å²) in [5.74, 6) is 0. The van der Waals surface area contributed by atoms with Crippen molar-refractivity contribution in [1.29, 1.82) is 0 Å². The number of ether oxygens (including phenoxy) is 1. The zero-order chi connectivity index (χ0) is 20.0. The highest BCUT2D eigenvalue weighted by atomic mass is 127. The number of alkyl halides is 2. The van der Waals surface area contributed by atoms with E-state index in [1.54, 1.807) is 0 Å². The molecule has 1 nitrogen and oxygen atoms in total. The van der Waals surface area contributed by atoms with Crippen molar-refractivity contribution in [2.24, 2.45) is 0 Å². The van der Waals surface area contributed by atoms with Gasteiger partial charge >= 0.3 is 0 Å². The largest absolute Gasteiger partial charge is 0.375 e. The summed E-state index contributed by atoms with van der Waals surface area (Å²) in [6.07, 6.45) is 14.7. The van der Waals surface area contributed by atoms with E-state index in [2.05, 4.69) is 96.3 Å². The number of hydrogen-bond donors (Lipinski definition) is 0. The third-order valence-corrected chi connectivity index (χ3v) is 7.79. The molecule has 0 spiro atoms. The van der Waals surface area contributed by atoms with Gasteiger partial charge in [-0.25, -0.2) is 0 Å². The van der Waals surface area contributed by atoms with E-state index in [-0.39, 0.29) is 3.42 Å². The first-order valence-electron chi connectivity index (χ1n) is 10.9. The van der Waals surface area contributed by atoms with E-state index < -0.39 is 0 Å². The molecule has 27 heavy (non-hydrogen) atoms. The minimum Gasteiger partial charge on any atom is -0.375 e. The molecule has 0 saturated carbocycles. The van der Waals surface area contributed by atoms with Gasteiger partial charge in [0.05, 0.1) is 13.2 Å². The average Bonchev–Trinajstić information content (AvgIpc) is 2.64. The van der Waals surface area contributed by atoms with Gasteiger partial charge in [-0.2, -0.15) is 0 Å². The van der Waals surface area contributed by atoms with Crippen LogP contribution in [0.3, 0.4) is 0 Å². The van der Waals surface area contributed by atoms with Gasteiger partial charge in [-0.05, 0) is 31.2 Å². The van der Waals surface area contributed by atoms with Crippen LogP contribution in [0.25, 0.3) is 0 Å². The molecule has 0 aliphatic heterocycles. The molecule has 2 atom stereocenters. The molecule has 0 aromatic heterocycles. The maximum absolute atomic E-state index is 6.13. The summed E-state index contributed by atoms with van der Waals surface area (Å²) >= 11 is 5.40. The van der Waals surface area contributed by atoms with Crippen LogP contribution in [0.4, 0.5) is 0 Å². The first-order chi connectivity index (χ1) is 12.9. The van der Waals surface area contributed by atoms with Crippen LogP contribution < -0.4 is 0 Å². The van der Waals surface area contributed by atoms with E-state index in [1.807, 2.05) is 0 Å². The lowest BCUT2D eigenvalue weighted by Gasteiger charge is -2.31. The lowest BCUT2D eigenvalue weighted by atomic mass is 9.91. The van der Waals surface area contributed by atoms with E-state index in [9.17, 15) is 0 Å². The standard InChI is InChI=1S/C24H40I2O/c1-4-6-7-8-9-13-17-23(3,25)18-19-24(26,16-5-2)21-27-20-22-14-11-10-12-15-22/h10-12,14-15H,4-9,13,16-21H2,1-3H3/t23-,24?/m0/s1. The third kappa shape index (κ3) is 12.7. The minimum absolute atomic E-state index is 0.273. The van der Waals surface area contributed by atoms with Crippen molar-refractivity contribution < 1.29 is 4.74 Å². The van der Waals surface area contributed by atoms with Gasteiger partial charge in [0, 0.05) is 6.84 Å². The predicted octanol–water partition coefficient (Wildman–Crippen LogP) is 8.90. The molecule has 1 unspecified atom stereocenters. The molecule has 3 heteroatoms. The summed E-state index contributed by atoms with van der Waals surface area (Å²) in [6, 6.07) is 10.5. The van der Waals surface area contributed by atoms with Gasteiger partial charge in [-0.1, -0.05) is 141 Å². The quantitative estimate of drug-likeness (QED) is 0.105. The summed E-state index contributed by atoms with van der Waals surface area (Å²) in [5.41, 5.74) is 1.27. The van der Waals surface area contributed by atoms with Gasteiger partial charge in [0.2, 0.25) is 0 Å². The van der Waals surface area contributed by atoms with Crippen LogP contribution in [-0.4, -0.2) is 13.5 Å². The fraction of sp³-hybridized carbons (Fsp3) is 0.750. The van der Waals surface area contributed by atoms with E-state index >= 15 is 0 Å². The highest BCUT2D eigenvalue weighted by molar-refractivity contribution is 14.1. The summed E-state index contributed by atoms with van der Waals surface area (Å²) in [5, 5.41) is 0. The molecule has 0 N–H and O–H groups in total. The van der Waals surface area contributed by atoms with Crippen LogP contribution in [-0.2, 0) is 11.3 Å². The van der Waals surface area contributed by atoms with Crippen LogP contribution in [0.15, 0.2) is 30.3 Å². The zero-order valence-electron chi connectivity index (χ0n) is 17.7. The van der Waals surface area contributed by atoms with E-state index in [0.717, 1.165) is 13.2 Å². The van der Waals surface area contributed by atoms with Crippen molar-refractivity contribution >= 4 is 45.2 Å². The third-order valence-electron chi connectivity index (χ3n) is 5.32. The fourth-order valence-corrected chi connectivity index (χ4v) is 5.21. The molecule has 0 amide bonds. The Labute approximate surface area is 196 Å². The Kier molecular flexibility index (Phi) is 13.9. The van der Waals surface area contributed by atoms with Crippen LogP contribution in [0.5, 0.6) is 0 Å². The second-order valence-electron chi connectivity index (χ2n) is 8.31. The molecule has 1 rings (SSSR count). The van der Waals surface area contributed by atoms with Crippen LogP contribution >= 0.6 is 45.2 Å². The van der Waals surface area contributed by atoms with Gasteiger partial charge in [0.1, 0.15) is 0 Å². The molecule has 0 heterocycles. The lowest BCUT2D eigenvalue weighted by molar-refractivity contribution is 0.0965. The smallest absolute Gasteiger partial charge is 0.0717 e. The van der Waals surface area contributed by atoms with Crippen molar-refractivity contribution in [3.8, 4) is 0 Å². The van der Waals surface area contributed by atoms with E-state index in [0.29, 0.717) is 3.42 Å². The molecule has 0 aliphatic carbocycles. The normalized spacial score (nSPS) is 16.0. The minimum atomic E-state index is 0.273. The Morgan fingerprint density at radius 3 is 2.11 bits per heavy atom. The second-order valence-corrected chi connectivity index (χ2v) is 13.2. The number of halogens is 2. The van der Waals surface area contributed by atoms with Gasteiger partial charge < -0.3 is 4.74 Å². The molecule has 0 aliphatic rings. The van der Waals surface area contributed by atoms with Crippen molar-refractivity contribution in [2.75, 3.05) is 6.61 Å².